The summed E-state index contributed by atoms with van der Waals surface area (Å²) in [7, 11) is 2.45. The van der Waals surface area contributed by atoms with Crippen LogP contribution in [-0.4, -0.2) is 36.4 Å². The Morgan fingerprint density at radius 3 is 1.55 bits per heavy atom. The van der Waals surface area contributed by atoms with Crippen LogP contribution >= 0.6 is 31.9 Å². The van der Waals surface area contributed by atoms with Gasteiger partial charge < -0.3 is 26.0 Å². The van der Waals surface area contributed by atoms with Crippen LogP contribution in [0.25, 0.3) is 5.53 Å². The fourth-order valence-electron chi connectivity index (χ4n) is 3.85. The summed E-state index contributed by atoms with van der Waals surface area (Å²) in [4.78, 5) is 30.8. The normalized spacial score (nSPS) is 20.1. The van der Waals surface area contributed by atoms with Crippen molar-refractivity contribution < 1.29 is 54.1 Å². The van der Waals surface area contributed by atoms with Crippen LogP contribution in [0.5, 0.6) is 0 Å². The van der Waals surface area contributed by atoms with Gasteiger partial charge in [0, 0.05) is 16.1 Å². The average Bonchev–Trinajstić information content (AvgIpc) is 2.85. The molecule has 0 aliphatic heterocycles. The minimum absolute atomic E-state index is 0. The van der Waals surface area contributed by atoms with E-state index in [-0.39, 0.29) is 47.4 Å². The van der Waals surface area contributed by atoms with Gasteiger partial charge in [-0.2, -0.15) is 0 Å². The molecule has 0 unspecified atom stereocenters. The van der Waals surface area contributed by atoms with E-state index in [0.29, 0.717) is 11.8 Å². The Balaban J connectivity index is 0.000000557. The van der Waals surface area contributed by atoms with Crippen LogP contribution in [0.2, 0.25) is 0 Å². The van der Waals surface area contributed by atoms with Crippen molar-refractivity contribution in [1.82, 2.24) is 11.1 Å². The van der Waals surface area contributed by atoms with Crippen molar-refractivity contribution in [3.05, 3.63) is 79.0 Å². The number of aliphatic carboxylic acids is 1. The van der Waals surface area contributed by atoms with Crippen LogP contribution < -0.4 is 40.6 Å². The van der Waals surface area contributed by atoms with Crippen molar-refractivity contribution in [3.63, 3.8) is 0 Å². The fraction of sp³-hybridized carbons (Fsp3) is 0.417. The number of carbonyl (C=O) groups excluding carboxylic acids is 1. The third-order valence-electron chi connectivity index (χ3n) is 5.99. The van der Waals surface area contributed by atoms with Gasteiger partial charge >= 0.3 is 41.5 Å². The van der Waals surface area contributed by atoms with Crippen molar-refractivity contribution in [2.75, 3.05) is 14.2 Å². The topological polar surface area (TPSA) is 172 Å². The number of nitrogens with zero attached hydrogens (tertiary/aromatic N) is 3. The largest absolute Gasteiger partial charge is 1.00 e. The average molecular weight is 667 g/mol. The van der Waals surface area contributed by atoms with Crippen molar-refractivity contribution in [1.29, 1.82) is 0 Å². The summed E-state index contributed by atoms with van der Waals surface area (Å²) in [5.41, 5.74) is 13.3. The number of carboxylic acid groups (broad SMARTS) is 1. The first kappa shape index (κ1) is 36.1. The molecule has 11 nitrogen and oxygen atoms in total. The molecule has 202 valence electrons. The zero-order chi connectivity index (χ0) is 27.8. The first-order valence-corrected chi connectivity index (χ1v) is 12.8. The molecule has 2 saturated carbocycles. The van der Waals surface area contributed by atoms with Gasteiger partial charge in [-0.05, 0) is 72.9 Å². The molecular weight excluding hydrogens is 637 g/mol. The summed E-state index contributed by atoms with van der Waals surface area (Å²) >= 11 is 6.78. The van der Waals surface area contributed by atoms with Crippen LogP contribution in [-0.2, 0) is 14.3 Å². The number of esters is 1. The Morgan fingerprint density at radius 2 is 1.26 bits per heavy atom. The van der Waals surface area contributed by atoms with Gasteiger partial charge in [-0.3, -0.25) is 14.8 Å². The number of ether oxygens (including phenoxy) is 1. The Kier molecular flexibility index (Phi) is 19.1. The molecule has 0 amide bonds. The number of nitrogens with one attached hydrogen (secondary N) is 2. The molecule has 2 aromatic rings. The maximum absolute atomic E-state index is 11.2. The van der Waals surface area contributed by atoms with Gasteiger partial charge in [0.2, 0.25) is 0 Å². The minimum atomic E-state index is -0.654. The number of hydrazine groups is 1. The SMILES string of the molecule is CO.COC(=O)C1CC(c2ccc(Br)cc2)C1.O=C(O)C1CC(c2ccc(Br)cc2)C1.[N-]=NNNN=O.[Na+]. The molecule has 4 rings (SSSR count). The standard InChI is InChI=1S/C12H13BrO2.C11H11BrO2.CH4O.H2N5O.Na/c1-15-12(14)10-6-9(7-10)8-2-4-11(13)5-3-8;12-10-3-1-7(2-4-10)8-5-9(6-8)11(13)14;1-2;1-2-3-4-5-6;/h2-5,9-10H,6-7H2,1H3;1-4,8-9H,5-6H2,(H,13,14);2H,1H3;(H2-,1,2,3,4,5,6);/q;;;-1;+1. The number of rotatable bonds is 7. The van der Waals surface area contributed by atoms with E-state index in [1.165, 1.54) is 18.2 Å². The quantitative estimate of drug-likeness (QED) is 0.0871. The summed E-state index contributed by atoms with van der Waals surface area (Å²) in [5.74, 6) is 0.250. The molecule has 2 aliphatic carbocycles. The van der Waals surface area contributed by atoms with Crippen LogP contribution in [0.3, 0.4) is 0 Å². The third-order valence-corrected chi connectivity index (χ3v) is 7.05. The minimum Gasteiger partial charge on any atom is -0.481 e. The Hall–Kier alpha value is -1.90. The van der Waals surface area contributed by atoms with Crippen molar-refractivity contribution in [3.8, 4) is 0 Å². The van der Waals surface area contributed by atoms with Crippen LogP contribution in [0.1, 0.15) is 48.6 Å². The van der Waals surface area contributed by atoms with Gasteiger partial charge in [-0.15, -0.1) is 4.91 Å². The van der Waals surface area contributed by atoms with E-state index in [0.717, 1.165) is 41.7 Å². The predicted octanol–water partition coefficient (Wildman–Crippen LogP) is 2.45. The molecule has 4 N–H and O–H groups in total. The molecule has 2 fully saturated rings. The van der Waals surface area contributed by atoms with E-state index in [1.807, 2.05) is 24.3 Å². The Labute approximate surface area is 260 Å². The number of carboxylic acids is 1. The summed E-state index contributed by atoms with van der Waals surface area (Å²) in [6.07, 6.45) is 3.43. The molecule has 0 heterocycles. The molecule has 2 aromatic carbocycles. The number of benzene rings is 2. The number of hydrogen-bond donors (Lipinski definition) is 4. The molecule has 14 heteroatoms. The maximum atomic E-state index is 11.2. The maximum Gasteiger partial charge on any atom is 1.00 e. The second-order valence-corrected chi connectivity index (χ2v) is 9.94. The van der Waals surface area contributed by atoms with Crippen LogP contribution in [0.15, 0.2) is 68.0 Å². The Bertz CT molecular complexity index is 981. The number of halogens is 2. The van der Waals surface area contributed by atoms with E-state index in [4.69, 9.17) is 25.4 Å². The summed E-state index contributed by atoms with van der Waals surface area (Å²) in [6, 6.07) is 16.4. The molecule has 0 radical (unpaired) electrons. The van der Waals surface area contributed by atoms with E-state index in [9.17, 15) is 9.59 Å². The third kappa shape index (κ3) is 12.3. The number of aliphatic hydroxyl groups excluding tert-OH is 1. The van der Waals surface area contributed by atoms with Gasteiger partial charge in [-0.25, -0.2) is 5.53 Å². The first-order chi connectivity index (χ1) is 17.8. The van der Waals surface area contributed by atoms with E-state index in [2.05, 4.69) is 66.6 Å². The van der Waals surface area contributed by atoms with Crippen molar-refractivity contribution in [2.24, 2.45) is 22.3 Å². The van der Waals surface area contributed by atoms with Gasteiger partial charge in [0.1, 0.15) is 0 Å². The zero-order valence-electron chi connectivity index (χ0n) is 21.4. The molecule has 0 aromatic heterocycles. The summed E-state index contributed by atoms with van der Waals surface area (Å²) < 4.78 is 6.87. The Morgan fingerprint density at radius 1 is 0.868 bits per heavy atom. The van der Waals surface area contributed by atoms with Gasteiger partial charge in [0.05, 0.1) is 24.2 Å². The van der Waals surface area contributed by atoms with E-state index in [1.54, 1.807) is 11.1 Å². The second-order valence-electron chi connectivity index (χ2n) is 8.11. The van der Waals surface area contributed by atoms with Crippen molar-refractivity contribution in [2.45, 2.75) is 37.5 Å². The first-order valence-electron chi connectivity index (χ1n) is 11.2. The molecule has 2 aliphatic rings. The molecule has 0 bridgehead atoms. The van der Waals surface area contributed by atoms with Gasteiger partial charge in [0.25, 0.3) is 0 Å². The molecule has 0 spiro atoms. The fourth-order valence-corrected chi connectivity index (χ4v) is 4.38. The summed E-state index contributed by atoms with van der Waals surface area (Å²) in [5, 5.41) is 20.1. The zero-order valence-corrected chi connectivity index (χ0v) is 26.6. The number of carbonyl (C=O) groups is 2. The second kappa shape index (κ2) is 20.1. The van der Waals surface area contributed by atoms with Gasteiger partial charge in [0.15, 0.2) is 0 Å². The predicted molar refractivity (Wildman–Crippen MR) is 145 cm³/mol. The van der Waals surface area contributed by atoms with Gasteiger partial charge in [-0.1, -0.05) is 56.1 Å². The number of methoxy groups -OCH3 is 1. The molecule has 0 atom stereocenters. The number of aliphatic hydroxyl groups is 1. The molecule has 38 heavy (non-hydrogen) atoms. The summed E-state index contributed by atoms with van der Waals surface area (Å²) in [6.45, 7) is 0. The van der Waals surface area contributed by atoms with Crippen LogP contribution in [0, 0.1) is 16.7 Å². The molecule has 0 saturated heterocycles. The van der Waals surface area contributed by atoms with E-state index < -0.39 is 5.97 Å². The smallest absolute Gasteiger partial charge is 0.481 e. The monoisotopic (exact) mass is 665 g/mol. The number of hydrogen-bond acceptors (Lipinski definition) is 7. The van der Waals surface area contributed by atoms with Crippen molar-refractivity contribution >= 4 is 43.8 Å². The number of nitroso groups, excluding NO2 is 1. The molecular formula is C24H30Br2N5NaO6. The van der Waals surface area contributed by atoms with Crippen LogP contribution in [0.4, 0.5) is 0 Å². The van der Waals surface area contributed by atoms with E-state index >= 15 is 0 Å².